The number of ether oxygens (including phenoxy) is 3. The van der Waals surface area contributed by atoms with E-state index in [1.165, 1.54) is 6.20 Å². The van der Waals surface area contributed by atoms with E-state index >= 15 is 0 Å². The van der Waals surface area contributed by atoms with E-state index < -0.39 is 9.84 Å². The first-order chi connectivity index (χ1) is 17.9. The number of sulfone groups is 1. The summed E-state index contributed by atoms with van der Waals surface area (Å²) in [7, 11) is -0.602. The van der Waals surface area contributed by atoms with Gasteiger partial charge in [0.15, 0.2) is 0 Å². The summed E-state index contributed by atoms with van der Waals surface area (Å²) >= 11 is 0. The number of amides is 1. The van der Waals surface area contributed by atoms with Gasteiger partial charge in [0.25, 0.3) is 5.91 Å². The Morgan fingerprint density at radius 3 is 2.54 bits per heavy atom. The zero-order valence-corrected chi connectivity index (χ0v) is 22.0. The number of benzene rings is 2. The van der Waals surface area contributed by atoms with Crippen LogP contribution in [0.15, 0.2) is 66.0 Å². The molecule has 0 aliphatic carbocycles. The molecule has 1 saturated heterocycles. The number of rotatable bonds is 12. The van der Waals surface area contributed by atoms with Gasteiger partial charge < -0.3 is 23.7 Å². The Labute approximate surface area is 217 Å². The Morgan fingerprint density at radius 2 is 1.89 bits per heavy atom. The molecule has 3 aromatic rings. The maximum absolute atomic E-state index is 13.6. The molecule has 0 saturated carbocycles. The number of carbonyl (C=O) groups excluding carboxylic acids is 1. The minimum absolute atomic E-state index is 0.0302. The Morgan fingerprint density at radius 1 is 1.14 bits per heavy atom. The highest BCUT2D eigenvalue weighted by molar-refractivity contribution is 7.90. The van der Waals surface area contributed by atoms with Crippen molar-refractivity contribution >= 4 is 15.7 Å². The summed E-state index contributed by atoms with van der Waals surface area (Å²) in [6, 6.07) is 15.9. The number of methoxy groups -OCH3 is 2. The Hall–Kier alpha value is -3.21. The van der Waals surface area contributed by atoms with Gasteiger partial charge in [0.2, 0.25) is 15.0 Å². The van der Waals surface area contributed by atoms with Gasteiger partial charge in [-0.25, -0.2) is 13.4 Å². The maximum Gasteiger partial charge on any atom is 0.254 e. The molecule has 2 aromatic carbocycles. The summed E-state index contributed by atoms with van der Waals surface area (Å²) in [5.74, 6) is 0.321. The van der Waals surface area contributed by atoms with Crippen LogP contribution in [0.5, 0.6) is 5.75 Å². The fourth-order valence-electron chi connectivity index (χ4n) is 4.41. The minimum atomic E-state index is -3.74. The van der Waals surface area contributed by atoms with E-state index in [0.29, 0.717) is 48.9 Å². The van der Waals surface area contributed by atoms with Crippen molar-refractivity contribution in [3.63, 3.8) is 0 Å². The number of hydrogen-bond acceptors (Lipinski definition) is 7. The number of hydrogen-bond donors (Lipinski definition) is 0. The van der Waals surface area contributed by atoms with Crippen molar-refractivity contribution in [3.8, 4) is 5.75 Å². The van der Waals surface area contributed by atoms with Crippen LogP contribution in [0.1, 0.15) is 34.5 Å². The van der Waals surface area contributed by atoms with Gasteiger partial charge in [-0.2, -0.15) is 0 Å². The molecule has 4 rings (SSSR count). The van der Waals surface area contributed by atoms with E-state index in [-0.39, 0.29) is 29.5 Å². The van der Waals surface area contributed by atoms with E-state index in [4.69, 9.17) is 14.2 Å². The van der Waals surface area contributed by atoms with Gasteiger partial charge in [-0.1, -0.05) is 30.3 Å². The monoisotopic (exact) mass is 527 g/mol. The first-order valence-electron chi connectivity index (χ1n) is 12.3. The molecule has 0 spiro atoms. The second kappa shape index (κ2) is 12.4. The van der Waals surface area contributed by atoms with Crippen LogP contribution < -0.4 is 4.74 Å². The van der Waals surface area contributed by atoms with Crippen molar-refractivity contribution in [2.45, 2.75) is 42.9 Å². The number of nitrogens with zero attached hydrogens (tertiary/aromatic N) is 3. The summed E-state index contributed by atoms with van der Waals surface area (Å²) in [4.78, 5) is 19.6. The molecule has 2 heterocycles. The highest BCUT2D eigenvalue weighted by Gasteiger charge is 2.28. The van der Waals surface area contributed by atoms with Crippen LogP contribution in [0.4, 0.5) is 0 Å². The van der Waals surface area contributed by atoms with Crippen LogP contribution in [0.25, 0.3) is 0 Å². The standard InChI is InChI=1S/C27H33N3O6S/c1-34-16-14-30-23(17-28-27(30)37(32,33)20-21-7-4-3-5-8-21)18-29(19-25-9-6-15-36-25)26(31)22-10-12-24(35-2)13-11-22/h3-5,7-8,10-13,17,25H,6,9,14-16,18-20H2,1-2H3/t25-/m0/s1. The largest absolute Gasteiger partial charge is 0.497 e. The molecule has 9 nitrogen and oxygen atoms in total. The molecule has 198 valence electrons. The summed E-state index contributed by atoms with van der Waals surface area (Å²) in [5.41, 5.74) is 1.81. The van der Waals surface area contributed by atoms with Crippen LogP contribution in [0.3, 0.4) is 0 Å². The minimum Gasteiger partial charge on any atom is -0.497 e. The number of aromatic nitrogens is 2. The lowest BCUT2D eigenvalue weighted by Crippen LogP contribution is -2.37. The molecule has 1 aliphatic rings. The van der Waals surface area contributed by atoms with Gasteiger partial charge in [-0.05, 0) is 42.7 Å². The van der Waals surface area contributed by atoms with E-state index in [2.05, 4.69) is 4.98 Å². The third kappa shape index (κ3) is 6.76. The van der Waals surface area contributed by atoms with Gasteiger partial charge in [0, 0.05) is 32.4 Å². The Bertz CT molecular complexity index is 1270. The van der Waals surface area contributed by atoms with Crippen molar-refractivity contribution in [1.29, 1.82) is 0 Å². The maximum atomic E-state index is 13.6. The lowest BCUT2D eigenvalue weighted by atomic mass is 10.1. The quantitative estimate of drug-likeness (QED) is 0.356. The molecule has 1 atom stereocenters. The number of imidazole rings is 1. The van der Waals surface area contributed by atoms with Crippen molar-refractivity contribution in [3.05, 3.63) is 77.6 Å². The highest BCUT2D eigenvalue weighted by Crippen LogP contribution is 2.22. The summed E-state index contributed by atoms with van der Waals surface area (Å²) in [6.45, 7) is 1.84. The molecule has 1 fully saturated rings. The topological polar surface area (TPSA) is 100.0 Å². The van der Waals surface area contributed by atoms with Crippen molar-refractivity contribution < 1.29 is 27.4 Å². The normalized spacial score (nSPS) is 15.6. The van der Waals surface area contributed by atoms with Crippen LogP contribution in [-0.4, -0.2) is 68.9 Å². The molecule has 0 bridgehead atoms. The molecule has 37 heavy (non-hydrogen) atoms. The smallest absolute Gasteiger partial charge is 0.254 e. The SMILES string of the molecule is COCCn1c(CN(C[C@@H]2CCCO2)C(=O)c2ccc(OC)cc2)cnc1S(=O)(=O)Cc1ccccc1. The predicted molar refractivity (Wildman–Crippen MR) is 138 cm³/mol. The second-order valence-corrected chi connectivity index (χ2v) is 10.9. The molecule has 0 N–H and O–H groups in total. The van der Waals surface area contributed by atoms with Gasteiger partial charge in [0.05, 0.1) is 44.0 Å². The fourth-order valence-corrected chi connectivity index (χ4v) is 5.93. The van der Waals surface area contributed by atoms with Crippen LogP contribution >= 0.6 is 0 Å². The first-order valence-corrected chi connectivity index (χ1v) is 13.9. The molecular weight excluding hydrogens is 494 g/mol. The van der Waals surface area contributed by atoms with Gasteiger partial charge >= 0.3 is 0 Å². The summed E-state index contributed by atoms with van der Waals surface area (Å²) in [6.07, 6.45) is 3.28. The average molecular weight is 528 g/mol. The van der Waals surface area contributed by atoms with E-state index in [0.717, 1.165) is 12.8 Å². The summed E-state index contributed by atoms with van der Waals surface area (Å²) < 4.78 is 44.6. The zero-order valence-electron chi connectivity index (χ0n) is 21.2. The van der Waals surface area contributed by atoms with E-state index in [1.54, 1.807) is 72.2 Å². The van der Waals surface area contributed by atoms with Crippen molar-refractivity contribution in [2.75, 3.05) is 34.0 Å². The molecule has 1 amide bonds. The lowest BCUT2D eigenvalue weighted by Gasteiger charge is -2.26. The fraction of sp³-hybridized carbons (Fsp3) is 0.407. The van der Waals surface area contributed by atoms with Gasteiger partial charge in [-0.15, -0.1) is 0 Å². The first kappa shape index (κ1) is 26.8. The van der Waals surface area contributed by atoms with E-state index in [1.807, 2.05) is 6.07 Å². The van der Waals surface area contributed by atoms with Gasteiger partial charge in [-0.3, -0.25) is 4.79 Å². The van der Waals surface area contributed by atoms with Crippen LogP contribution in [-0.2, 0) is 38.2 Å². The van der Waals surface area contributed by atoms with Crippen molar-refractivity contribution in [1.82, 2.24) is 14.5 Å². The van der Waals surface area contributed by atoms with E-state index in [9.17, 15) is 13.2 Å². The molecule has 0 radical (unpaired) electrons. The molecule has 1 aromatic heterocycles. The predicted octanol–water partition coefficient (Wildman–Crippen LogP) is 3.33. The zero-order chi connectivity index (χ0) is 26.3. The third-order valence-electron chi connectivity index (χ3n) is 6.32. The highest BCUT2D eigenvalue weighted by atomic mass is 32.2. The molecule has 10 heteroatoms. The van der Waals surface area contributed by atoms with Crippen molar-refractivity contribution in [2.24, 2.45) is 0 Å². The molecule has 1 aliphatic heterocycles. The summed E-state index contributed by atoms with van der Waals surface area (Å²) in [5, 5.41) is -0.0302. The van der Waals surface area contributed by atoms with Crippen LogP contribution in [0, 0.1) is 0 Å². The van der Waals surface area contributed by atoms with Crippen LogP contribution in [0.2, 0.25) is 0 Å². The van der Waals surface area contributed by atoms with Gasteiger partial charge in [0.1, 0.15) is 5.75 Å². The Balaban J connectivity index is 1.64. The average Bonchev–Trinajstić information content (AvgIpc) is 3.57. The third-order valence-corrected chi connectivity index (χ3v) is 7.92. The Kier molecular flexibility index (Phi) is 8.96. The second-order valence-electron chi connectivity index (χ2n) is 8.97. The molecule has 0 unspecified atom stereocenters. The number of carbonyl (C=O) groups is 1. The molecular formula is C27H33N3O6S. The lowest BCUT2D eigenvalue weighted by molar-refractivity contribution is 0.0500.